The molecule has 5 heteroatoms. The van der Waals surface area contributed by atoms with Crippen molar-refractivity contribution in [2.75, 3.05) is 18.5 Å². The Morgan fingerprint density at radius 1 is 1.38 bits per heavy atom. The lowest BCUT2D eigenvalue weighted by molar-refractivity contribution is -0.132. The number of rotatable bonds is 6. The first-order valence-corrected chi connectivity index (χ1v) is 9.49. The third kappa shape index (κ3) is 3.25. The summed E-state index contributed by atoms with van der Waals surface area (Å²) in [6.45, 7) is 12.4. The van der Waals surface area contributed by atoms with Crippen molar-refractivity contribution in [3.05, 3.63) is 52.5 Å². The van der Waals surface area contributed by atoms with Crippen LogP contribution < -0.4 is 10.2 Å². The number of halogens is 1. The minimum atomic E-state index is -0.986. The maximum atomic E-state index is 13.7. The number of amides is 2. The molecular weight excluding hydrogens is 392 g/mol. The van der Waals surface area contributed by atoms with Gasteiger partial charge in [-0.25, -0.2) is 0 Å². The molecule has 0 saturated carbocycles. The number of nitrogens with zero attached hydrogens (tertiary/aromatic N) is 1. The van der Waals surface area contributed by atoms with Gasteiger partial charge in [0.1, 0.15) is 0 Å². The first-order valence-electron chi connectivity index (χ1n) is 8.70. The summed E-state index contributed by atoms with van der Waals surface area (Å²) in [4.78, 5) is 27.9. The second-order valence-corrected chi connectivity index (χ2v) is 8.46. The molecule has 0 unspecified atom stereocenters. The molecule has 0 spiro atoms. The summed E-state index contributed by atoms with van der Waals surface area (Å²) in [5.41, 5.74) is 1.28. The molecule has 1 aliphatic heterocycles. The molecule has 1 heterocycles. The lowest BCUT2D eigenvalue weighted by Crippen LogP contribution is -2.51. The molecule has 1 atom stereocenters. The van der Waals surface area contributed by atoms with Crippen molar-refractivity contribution < 1.29 is 9.59 Å². The molecule has 0 saturated heterocycles. The molecule has 0 fully saturated rings. The SMILES string of the molecule is C=CC(C)(C)[C@]1(CC(=O)NC)C(=O)N(CC=C(C)C)c2cc(Br)ccc21. The highest BCUT2D eigenvalue weighted by atomic mass is 79.9. The largest absolute Gasteiger partial charge is 0.359 e. The van der Waals surface area contributed by atoms with Gasteiger partial charge in [-0.05, 0) is 31.5 Å². The summed E-state index contributed by atoms with van der Waals surface area (Å²) in [5.74, 6) is -0.220. The van der Waals surface area contributed by atoms with Gasteiger partial charge in [0, 0.05) is 35.6 Å². The second-order valence-electron chi connectivity index (χ2n) is 7.54. The van der Waals surface area contributed by atoms with E-state index in [1.807, 2.05) is 52.0 Å². The van der Waals surface area contributed by atoms with Crippen molar-refractivity contribution in [3.63, 3.8) is 0 Å². The van der Waals surface area contributed by atoms with E-state index in [1.54, 1.807) is 18.0 Å². The smallest absolute Gasteiger partial charge is 0.239 e. The fourth-order valence-electron chi connectivity index (χ4n) is 3.52. The Morgan fingerprint density at radius 3 is 2.58 bits per heavy atom. The summed E-state index contributed by atoms with van der Waals surface area (Å²) in [7, 11) is 1.60. The quantitative estimate of drug-likeness (QED) is 0.698. The zero-order chi connectivity index (χ0) is 19.7. The van der Waals surface area contributed by atoms with Crippen LogP contribution in [0, 0.1) is 5.41 Å². The Morgan fingerprint density at radius 2 is 2.04 bits per heavy atom. The highest BCUT2D eigenvalue weighted by molar-refractivity contribution is 9.10. The molecule has 0 bridgehead atoms. The first kappa shape index (κ1) is 20.4. The Kier molecular flexibility index (Phi) is 5.81. The summed E-state index contributed by atoms with van der Waals surface area (Å²) >= 11 is 3.51. The molecule has 0 aromatic heterocycles. The van der Waals surface area contributed by atoms with Crippen LogP contribution in [0.15, 0.2) is 47.0 Å². The van der Waals surface area contributed by atoms with E-state index in [9.17, 15) is 9.59 Å². The van der Waals surface area contributed by atoms with Crippen molar-refractivity contribution in [3.8, 4) is 0 Å². The van der Waals surface area contributed by atoms with Crippen molar-refractivity contribution >= 4 is 33.4 Å². The van der Waals surface area contributed by atoms with Crippen LogP contribution >= 0.6 is 15.9 Å². The molecule has 1 aromatic carbocycles. The van der Waals surface area contributed by atoms with Crippen LogP contribution in [0.25, 0.3) is 0 Å². The number of hydrogen-bond donors (Lipinski definition) is 1. The van der Waals surface area contributed by atoms with Crippen molar-refractivity contribution in [2.24, 2.45) is 5.41 Å². The van der Waals surface area contributed by atoms with Gasteiger partial charge in [0.2, 0.25) is 11.8 Å². The number of allylic oxidation sites excluding steroid dienone is 2. The Bertz CT molecular complexity index is 778. The van der Waals surface area contributed by atoms with Crippen molar-refractivity contribution in [2.45, 2.75) is 39.5 Å². The van der Waals surface area contributed by atoms with Crippen molar-refractivity contribution in [1.82, 2.24) is 5.32 Å². The Labute approximate surface area is 164 Å². The van der Waals surface area contributed by atoms with E-state index in [-0.39, 0.29) is 18.2 Å². The van der Waals surface area contributed by atoms with Crippen LogP contribution in [0.4, 0.5) is 5.69 Å². The maximum Gasteiger partial charge on any atom is 0.239 e. The Balaban J connectivity index is 2.76. The van der Waals surface area contributed by atoms with Crippen LogP contribution in [0.5, 0.6) is 0 Å². The van der Waals surface area contributed by atoms with E-state index in [2.05, 4.69) is 27.8 Å². The van der Waals surface area contributed by atoms with E-state index in [0.29, 0.717) is 6.54 Å². The highest BCUT2D eigenvalue weighted by Crippen LogP contribution is 2.54. The van der Waals surface area contributed by atoms with E-state index >= 15 is 0 Å². The third-order valence-electron chi connectivity index (χ3n) is 5.32. The molecule has 2 rings (SSSR count). The van der Waals surface area contributed by atoms with Gasteiger partial charge in [0.15, 0.2) is 0 Å². The molecule has 1 aromatic rings. The number of anilines is 1. The van der Waals surface area contributed by atoms with Crippen LogP contribution in [-0.4, -0.2) is 25.4 Å². The second kappa shape index (κ2) is 7.39. The van der Waals surface area contributed by atoms with Crippen LogP contribution in [0.2, 0.25) is 0 Å². The van der Waals surface area contributed by atoms with Gasteiger partial charge in [-0.3, -0.25) is 9.59 Å². The van der Waals surface area contributed by atoms with Gasteiger partial charge in [-0.2, -0.15) is 0 Å². The molecule has 140 valence electrons. The number of nitrogens with one attached hydrogen (secondary N) is 1. The van der Waals surface area contributed by atoms with Gasteiger partial charge in [-0.15, -0.1) is 6.58 Å². The molecule has 0 aliphatic carbocycles. The lowest BCUT2D eigenvalue weighted by atomic mass is 9.60. The number of benzene rings is 1. The average molecular weight is 419 g/mol. The molecule has 1 aliphatic rings. The predicted octanol–water partition coefficient (Wildman–Crippen LogP) is 4.35. The van der Waals surface area contributed by atoms with E-state index in [4.69, 9.17) is 0 Å². The summed E-state index contributed by atoms with van der Waals surface area (Å²) in [6, 6.07) is 5.83. The zero-order valence-corrected chi connectivity index (χ0v) is 17.7. The summed E-state index contributed by atoms with van der Waals surface area (Å²) < 4.78 is 0.901. The third-order valence-corrected chi connectivity index (χ3v) is 5.81. The summed E-state index contributed by atoms with van der Waals surface area (Å²) in [5, 5.41) is 2.68. The number of hydrogen-bond acceptors (Lipinski definition) is 2. The van der Waals surface area contributed by atoms with E-state index in [0.717, 1.165) is 21.3 Å². The maximum absolute atomic E-state index is 13.7. The zero-order valence-electron chi connectivity index (χ0n) is 16.1. The van der Waals surface area contributed by atoms with E-state index < -0.39 is 10.8 Å². The first-order chi connectivity index (χ1) is 12.1. The monoisotopic (exact) mass is 418 g/mol. The van der Waals surface area contributed by atoms with Crippen LogP contribution in [-0.2, 0) is 15.0 Å². The van der Waals surface area contributed by atoms with Gasteiger partial charge in [0.05, 0.1) is 5.41 Å². The van der Waals surface area contributed by atoms with Gasteiger partial charge >= 0.3 is 0 Å². The highest BCUT2D eigenvalue weighted by Gasteiger charge is 2.58. The van der Waals surface area contributed by atoms with Crippen LogP contribution in [0.3, 0.4) is 0 Å². The minimum Gasteiger partial charge on any atom is -0.359 e. The van der Waals surface area contributed by atoms with Gasteiger partial charge in [-0.1, -0.05) is 53.6 Å². The molecule has 1 N–H and O–H groups in total. The number of carbonyl (C=O) groups excluding carboxylic acids is 2. The van der Waals surface area contributed by atoms with E-state index in [1.165, 1.54) is 0 Å². The number of fused-ring (bicyclic) bond motifs is 1. The van der Waals surface area contributed by atoms with Gasteiger partial charge < -0.3 is 10.2 Å². The lowest BCUT2D eigenvalue weighted by Gasteiger charge is -2.41. The number of carbonyl (C=O) groups is 2. The fourth-order valence-corrected chi connectivity index (χ4v) is 3.87. The Hall–Kier alpha value is -1.88. The topological polar surface area (TPSA) is 49.4 Å². The van der Waals surface area contributed by atoms with Gasteiger partial charge in [0.25, 0.3) is 0 Å². The molecule has 4 nitrogen and oxygen atoms in total. The average Bonchev–Trinajstić information content (AvgIpc) is 2.81. The van der Waals surface area contributed by atoms with Crippen LogP contribution in [0.1, 0.15) is 39.7 Å². The summed E-state index contributed by atoms with van der Waals surface area (Å²) in [6.07, 6.45) is 3.89. The molecule has 2 amide bonds. The predicted molar refractivity (Wildman–Crippen MR) is 110 cm³/mol. The fraction of sp³-hybridized carbons (Fsp3) is 0.429. The molecular formula is C21H27BrN2O2. The molecule has 0 radical (unpaired) electrons. The standard InChI is InChI=1S/C21H27BrN2O2/c1-7-20(4,5)21(13-18(25)23-6)16-9-8-15(22)12-17(16)24(19(21)26)11-10-14(2)3/h7-10,12H,1,11,13H2,2-6H3,(H,23,25)/t21-/m0/s1. The minimum absolute atomic E-state index is 0.0587. The van der Waals surface area contributed by atoms with Crippen molar-refractivity contribution in [1.29, 1.82) is 0 Å². The normalized spacial score (nSPS) is 19.2. The molecule has 26 heavy (non-hydrogen) atoms.